The summed E-state index contributed by atoms with van der Waals surface area (Å²) in [6.07, 6.45) is 0.706. The molecule has 0 spiro atoms. The number of benzene rings is 2. The average molecular weight is 408 g/mol. The summed E-state index contributed by atoms with van der Waals surface area (Å²) in [4.78, 5) is 26.8. The van der Waals surface area contributed by atoms with Gasteiger partial charge < -0.3 is 5.11 Å². The Morgan fingerprint density at radius 1 is 0.862 bits per heavy atom. The number of aliphatic hydroxyl groups is 1. The second-order valence-electron chi connectivity index (χ2n) is 8.74. The van der Waals surface area contributed by atoms with Gasteiger partial charge in [0.05, 0.1) is 31.9 Å². The van der Waals surface area contributed by atoms with Crippen molar-refractivity contribution in [2.24, 2.45) is 0 Å². The second-order valence-corrected chi connectivity index (χ2v) is 13.4. The summed E-state index contributed by atoms with van der Waals surface area (Å²) < 4.78 is 4.46. The third-order valence-electron chi connectivity index (χ3n) is 6.90. The Morgan fingerprint density at radius 3 is 2.10 bits per heavy atom. The molecule has 0 unspecified atom stereocenters. The van der Waals surface area contributed by atoms with Gasteiger partial charge in [-0.25, -0.2) is 23.5 Å². The minimum atomic E-state index is -2.08. The molecule has 0 amide bonds. The summed E-state index contributed by atoms with van der Waals surface area (Å²) in [6, 6.07) is 19.0. The number of aliphatic hydroxyl groups excluding tert-OH is 1. The van der Waals surface area contributed by atoms with Crippen LogP contribution in [-0.2, 0) is 0 Å². The fourth-order valence-corrected chi connectivity index (χ4v) is 9.48. The molecule has 1 N–H and O–H groups in total. The van der Waals surface area contributed by atoms with E-state index < -0.39 is 14.2 Å². The Hall–Kier alpha value is -2.64. The third-order valence-corrected chi connectivity index (χ3v) is 11.1. The van der Waals surface area contributed by atoms with Crippen LogP contribution in [0.15, 0.2) is 70.3 Å². The highest BCUT2D eigenvalue weighted by molar-refractivity contribution is 6.91. The topological polar surface area (TPSA) is 69.2 Å². The van der Waals surface area contributed by atoms with E-state index in [4.69, 9.17) is 0 Å². The number of hydrogen-bond donors (Lipinski definition) is 1. The van der Waals surface area contributed by atoms with Gasteiger partial charge in [0, 0.05) is 5.54 Å². The zero-order chi connectivity index (χ0) is 20.3. The van der Waals surface area contributed by atoms with Crippen LogP contribution >= 0.6 is 0 Å². The fourth-order valence-electron chi connectivity index (χ4n) is 5.56. The largest absolute Gasteiger partial charge is 0.391 e. The van der Waals surface area contributed by atoms with E-state index in [1.54, 1.807) is 21.5 Å². The van der Waals surface area contributed by atoms with E-state index >= 15 is 0 Å². The molecule has 4 atom stereocenters. The summed E-state index contributed by atoms with van der Waals surface area (Å²) in [5.41, 5.74) is 0.0169. The van der Waals surface area contributed by atoms with Gasteiger partial charge in [-0.1, -0.05) is 66.8 Å². The van der Waals surface area contributed by atoms with Crippen molar-refractivity contribution in [1.29, 1.82) is 0 Å². The Labute approximate surface area is 169 Å². The van der Waals surface area contributed by atoms with E-state index in [-0.39, 0.29) is 29.0 Å². The number of fused-ring (bicyclic) bond motifs is 5. The highest BCUT2D eigenvalue weighted by Gasteiger charge is 2.56. The van der Waals surface area contributed by atoms with Crippen molar-refractivity contribution in [2.75, 3.05) is 0 Å². The molecule has 29 heavy (non-hydrogen) atoms. The Kier molecular flexibility index (Phi) is 4.08. The first-order valence-electron chi connectivity index (χ1n) is 10.2. The molecular weight excluding hydrogens is 382 g/mol. The SMILES string of the molecule is C[Si](C)(c1ccccc1)[C@@H]1[C@@H]2[C@@H](O)CC[C@H]1n1c(=O)n(-c3ccccc3)c(=O)n12. The highest BCUT2D eigenvalue weighted by Crippen LogP contribution is 2.53. The molecule has 1 aromatic heterocycles. The molecule has 1 fully saturated rings. The van der Waals surface area contributed by atoms with Gasteiger partial charge in [0.1, 0.15) is 0 Å². The molecule has 2 aliphatic rings. The van der Waals surface area contributed by atoms with E-state index in [2.05, 4.69) is 25.2 Å². The van der Waals surface area contributed by atoms with Gasteiger partial charge in [-0.15, -0.1) is 0 Å². The molecule has 150 valence electrons. The van der Waals surface area contributed by atoms with E-state index in [9.17, 15) is 14.7 Å². The van der Waals surface area contributed by atoms with Crippen molar-refractivity contribution in [2.45, 2.75) is 49.7 Å². The van der Waals surface area contributed by atoms with Crippen molar-refractivity contribution < 1.29 is 5.11 Å². The molecule has 6 nitrogen and oxygen atoms in total. The quantitative estimate of drug-likeness (QED) is 0.676. The first kappa shape index (κ1) is 18.4. The summed E-state index contributed by atoms with van der Waals surface area (Å²) in [5.74, 6) is 0. The maximum atomic E-state index is 13.4. The van der Waals surface area contributed by atoms with E-state index in [1.165, 1.54) is 9.75 Å². The van der Waals surface area contributed by atoms with Crippen LogP contribution < -0.4 is 16.6 Å². The van der Waals surface area contributed by atoms with Crippen LogP contribution in [0, 0.1) is 0 Å². The molecule has 1 aliphatic carbocycles. The lowest BCUT2D eigenvalue weighted by Gasteiger charge is -2.41. The molecule has 1 aliphatic heterocycles. The highest BCUT2D eigenvalue weighted by atomic mass is 28.3. The number of hydrogen-bond acceptors (Lipinski definition) is 3. The van der Waals surface area contributed by atoms with Crippen molar-refractivity contribution in [3.63, 3.8) is 0 Å². The van der Waals surface area contributed by atoms with Crippen LogP contribution in [0.1, 0.15) is 24.9 Å². The first-order valence-corrected chi connectivity index (χ1v) is 13.3. The van der Waals surface area contributed by atoms with Gasteiger partial charge in [0.15, 0.2) is 0 Å². The van der Waals surface area contributed by atoms with E-state index in [1.807, 2.05) is 36.4 Å². The maximum Gasteiger partial charge on any atom is 0.352 e. The Morgan fingerprint density at radius 2 is 1.45 bits per heavy atom. The van der Waals surface area contributed by atoms with E-state index in [0.29, 0.717) is 18.5 Å². The Bertz CT molecular complexity index is 1160. The van der Waals surface area contributed by atoms with Gasteiger partial charge in [-0.05, 0) is 25.0 Å². The van der Waals surface area contributed by atoms with Crippen LogP contribution in [0.2, 0.25) is 18.6 Å². The van der Waals surface area contributed by atoms with Gasteiger partial charge >= 0.3 is 11.4 Å². The standard InChI is InChI=1S/C22H25N3O3Si/c1-29(2,16-11-7-4-8-12-16)20-17-13-14-18(26)19(20)25-22(28)23(21(27)24(17)25)15-9-5-3-6-10-15/h3-12,17-20,26H,13-14H2,1-2H3/t17-,18+,19+,20+/m1/s1. The maximum absolute atomic E-state index is 13.4. The van der Waals surface area contributed by atoms with Crippen LogP contribution in [0.25, 0.3) is 5.69 Å². The van der Waals surface area contributed by atoms with Gasteiger partial charge in [0.25, 0.3) is 0 Å². The summed E-state index contributed by atoms with van der Waals surface area (Å²) in [5, 5.41) is 12.2. The lowest BCUT2D eigenvalue weighted by molar-refractivity contribution is 0.0829. The summed E-state index contributed by atoms with van der Waals surface area (Å²) in [6.45, 7) is 4.58. The predicted octanol–water partition coefficient (Wildman–Crippen LogP) is 2.04. The Balaban J connectivity index is 1.70. The molecule has 7 heteroatoms. The monoisotopic (exact) mass is 407 g/mol. The zero-order valence-electron chi connectivity index (χ0n) is 16.6. The fraction of sp³-hybridized carbons (Fsp3) is 0.364. The molecule has 2 bridgehead atoms. The lowest BCUT2D eigenvalue weighted by Crippen LogP contribution is -2.53. The lowest BCUT2D eigenvalue weighted by atomic mass is 9.90. The average Bonchev–Trinajstić information content (AvgIpc) is 3.16. The van der Waals surface area contributed by atoms with Crippen molar-refractivity contribution in [3.05, 3.63) is 81.6 Å². The molecule has 5 rings (SSSR count). The number of rotatable bonds is 3. The molecule has 3 aromatic rings. The molecular formula is C22H25N3O3Si. The molecule has 0 saturated heterocycles. The van der Waals surface area contributed by atoms with E-state index in [0.717, 1.165) is 0 Å². The van der Waals surface area contributed by atoms with Gasteiger partial charge in [0.2, 0.25) is 0 Å². The molecule has 2 heterocycles. The van der Waals surface area contributed by atoms with Crippen molar-refractivity contribution in [3.8, 4) is 5.69 Å². The molecule has 1 saturated carbocycles. The first-order chi connectivity index (χ1) is 13.9. The number of para-hydroxylation sites is 1. The number of nitrogens with zero attached hydrogens (tertiary/aromatic N) is 3. The van der Waals surface area contributed by atoms with Crippen LogP contribution in [0.3, 0.4) is 0 Å². The summed E-state index contributed by atoms with van der Waals surface area (Å²) in [7, 11) is -2.08. The minimum absolute atomic E-state index is 0.0598. The normalized spacial score (nSPS) is 25.8. The third kappa shape index (κ3) is 2.50. The minimum Gasteiger partial charge on any atom is -0.391 e. The van der Waals surface area contributed by atoms with Gasteiger partial charge in [-0.2, -0.15) is 0 Å². The van der Waals surface area contributed by atoms with Crippen molar-refractivity contribution in [1.82, 2.24) is 13.9 Å². The van der Waals surface area contributed by atoms with Crippen LogP contribution in [0.4, 0.5) is 0 Å². The second kappa shape index (κ2) is 6.43. The van der Waals surface area contributed by atoms with Gasteiger partial charge in [-0.3, -0.25) is 0 Å². The molecule has 2 aromatic carbocycles. The number of aromatic nitrogens is 3. The molecule has 0 radical (unpaired) electrons. The van der Waals surface area contributed by atoms with Crippen LogP contribution in [0.5, 0.6) is 0 Å². The zero-order valence-corrected chi connectivity index (χ0v) is 17.6. The van der Waals surface area contributed by atoms with Crippen LogP contribution in [-0.4, -0.2) is 33.2 Å². The summed E-state index contributed by atoms with van der Waals surface area (Å²) >= 11 is 0. The predicted molar refractivity (Wildman–Crippen MR) is 115 cm³/mol. The van der Waals surface area contributed by atoms with Crippen molar-refractivity contribution >= 4 is 13.3 Å². The smallest absolute Gasteiger partial charge is 0.352 e.